The molecule has 2 N–H and O–H groups in total. The second-order valence-electron chi connectivity index (χ2n) is 17.2. The molecule has 1 saturated carbocycles. The molecular formula is C48H46N8O6. The van der Waals surface area contributed by atoms with Gasteiger partial charge in [0.05, 0.1) is 4.92 Å². The van der Waals surface area contributed by atoms with Crippen LogP contribution >= 0.6 is 0 Å². The maximum Gasteiger partial charge on any atom is 0.348 e. The average Bonchev–Trinajstić information content (AvgIpc) is 3.80. The molecule has 11 rings (SSSR count). The van der Waals surface area contributed by atoms with E-state index in [1.807, 2.05) is 48.5 Å². The predicted octanol–water partition coefficient (Wildman–Crippen LogP) is 7.96. The van der Waals surface area contributed by atoms with Gasteiger partial charge < -0.3 is 24.4 Å². The number of furan rings is 2. The zero-order valence-electron chi connectivity index (χ0n) is 34.3. The summed E-state index contributed by atoms with van der Waals surface area (Å²) in [6, 6.07) is 26.0. The molecule has 1 aliphatic carbocycles. The second kappa shape index (κ2) is 15.4. The molecule has 6 heterocycles. The average molecular weight is 831 g/mol. The third-order valence-electron chi connectivity index (χ3n) is 13.3. The highest BCUT2D eigenvalue weighted by atomic mass is 16.6. The lowest BCUT2D eigenvalue weighted by atomic mass is 9.96. The van der Waals surface area contributed by atoms with E-state index in [2.05, 4.69) is 26.9 Å². The van der Waals surface area contributed by atoms with Gasteiger partial charge in [-0.2, -0.15) is 9.97 Å². The van der Waals surface area contributed by atoms with Crippen molar-refractivity contribution in [3.8, 4) is 22.5 Å². The molecule has 0 amide bonds. The quantitative estimate of drug-likeness (QED) is 0.0720. The molecular weight excluding hydrogens is 785 g/mol. The van der Waals surface area contributed by atoms with Gasteiger partial charge in [-0.3, -0.25) is 19.2 Å². The molecule has 0 bridgehead atoms. The molecule has 4 aromatic carbocycles. The number of benzene rings is 4. The van der Waals surface area contributed by atoms with Gasteiger partial charge in [-0.25, -0.2) is 9.59 Å². The topological polar surface area (TPSA) is 172 Å². The van der Waals surface area contributed by atoms with Crippen LogP contribution in [0, 0.1) is 16.0 Å². The fourth-order valence-corrected chi connectivity index (χ4v) is 10.0. The molecule has 2 atom stereocenters. The maximum atomic E-state index is 14.0. The van der Waals surface area contributed by atoms with Crippen molar-refractivity contribution in [3.05, 3.63) is 127 Å². The summed E-state index contributed by atoms with van der Waals surface area (Å²) in [7, 11) is 0. The van der Waals surface area contributed by atoms with E-state index in [4.69, 9.17) is 19.6 Å². The van der Waals surface area contributed by atoms with Gasteiger partial charge >= 0.3 is 11.4 Å². The van der Waals surface area contributed by atoms with E-state index in [0.717, 1.165) is 97.9 Å². The first kappa shape index (κ1) is 38.3. The van der Waals surface area contributed by atoms with Crippen LogP contribution in [0.4, 0.5) is 11.4 Å². The Labute approximate surface area is 355 Å². The molecule has 314 valence electrons. The minimum atomic E-state index is -0.449. The van der Waals surface area contributed by atoms with Gasteiger partial charge in [0.2, 0.25) is 0 Å². The van der Waals surface area contributed by atoms with Gasteiger partial charge in [-0.15, -0.1) is 0 Å². The number of nitrogens with two attached hydrogens (primary N) is 1. The minimum Gasteiger partial charge on any atom is -0.452 e. The molecule has 4 aromatic heterocycles. The third kappa shape index (κ3) is 6.83. The van der Waals surface area contributed by atoms with Gasteiger partial charge in [0.15, 0.2) is 11.2 Å². The number of non-ortho nitro benzene ring substituents is 1. The van der Waals surface area contributed by atoms with E-state index in [9.17, 15) is 19.7 Å². The van der Waals surface area contributed by atoms with Crippen molar-refractivity contribution >= 4 is 55.5 Å². The summed E-state index contributed by atoms with van der Waals surface area (Å²) in [5, 5.41) is 13.1. The number of anilines is 1. The SMILES string of the molecule is Nc1ccc(-c2nc(=O)n(CCN3CCCC3)c3c2oc2ccccc23)c([C@H]2CC2Cc2ccc3c(c2)oc2c(-c4ccc([N+](=O)[O-])cc4)nc(=O)n(CCN4CCCC4)c23)c1. The van der Waals surface area contributed by atoms with Crippen LogP contribution in [0.5, 0.6) is 0 Å². The molecule has 2 aliphatic heterocycles. The third-order valence-corrected chi connectivity index (χ3v) is 13.3. The number of aromatic nitrogens is 4. The molecule has 0 radical (unpaired) electrons. The number of hydrogen-bond acceptors (Lipinski definition) is 11. The number of para-hydroxylation sites is 1. The first-order valence-electron chi connectivity index (χ1n) is 21.7. The Hall–Kier alpha value is -6.64. The number of hydrogen-bond donors (Lipinski definition) is 1. The van der Waals surface area contributed by atoms with Gasteiger partial charge in [0, 0.05) is 65.9 Å². The zero-order valence-corrected chi connectivity index (χ0v) is 34.3. The van der Waals surface area contributed by atoms with Crippen LogP contribution < -0.4 is 17.1 Å². The Balaban J connectivity index is 0.934. The van der Waals surface area contributed by atoms with Crippen LogP contribution in [0.15, 0.2) is 103 Å². The molecule has 2 saturated heterocycles. The minimum absolute atomic E-state index is 0.0451. The van der Waals surface area contributed by atoms with Crippen LogP contribution in [-0.4, -0.2) is 73.1 Å². The molecule has 14 nitrogen and oxygen atoms in total. The Morgan fingerprint density at radius 2 is 1.31 bits per heavy atom. The van der Waals surface area contributed by atoms with Gasteiger partial charge in [-0.1, -0.05) is 24.3 Å². The number of nitrogen functional groups attached to an aromatic ring is 1. The highest BCUT2D eigenvalue weighted by Crippen LogP contribution is 2.53. The van der Waals surface area contributed by atoms with Crippen LogP contribution in [0.1, 0.15) is 49.1 Å². The normalized spacial score (nSPS) is 18.3. The van der Waals surface area contributed by atoms with Crippen molar-refractivity contribution in [3.63, 3.8) is 0 Å². The number of fused-ring (bicyclic) bond motifs is 6. The number of likely N-dealkylation sites (tertiary alicyclic amines) is 2. The maximum absolute atomic E-state index is 14.0. The van der Waals surface area contributed by atoms with Crippen LogP contribution in [0.3, 0.4) is 0 Å². The Bertz CT molecular complexity index is 3170. The highest BCUT2D eigenvalue weighted by Gasteiger charge is 2.40. The highest BCUT2D eigenvalue weighted by molar-refractivity contribution is 6.08. The fraction of sp³-hybridized carbons (Fsp3) is 0.333. The van der Waals surface area contributed by atoms with Gasteiger partial charge in [0.1, 0.15) is 33.6 Å². The number of nitro groups is 1. The van der Waals surface area contributed by atoms with Crippen molar-refractivity contribution < 1.29 is 13.8 Å². The van der Waals surface area contributed by atoms with Crippen molar-refractivity contribution in [2.24, 2.45) is 5.92 Å². The molecule has 3 fully saturated rings. The lowest BCUT2D eigenvalue weighted by Crippen LogP contribution is -2.30. The lowest BCUT2D eigenvalue weighted by Gasteiger charge is -2.17. The number of nitrogens with zero attached hydrogens (tertiary/aromatic N) is 7. The van der Waals surface area contributed by atoms with Crippen LogP contribution in [-0.2, 0) is 19.5 Å². The van der Waals surface area contributed by atoms with Crippen molar-refractivity contribution in [1.29, 1.82) is 0 Å². The summed E-state index contributed by atoms with van der Waals surface area (Å²) in [6.07, 6.45) is 6.35. The standard InChI is InChI=1S/C48H46N8O6/c49-32-12-16-34(42-46-43(35-7-1-2-8-39(35)61-46)54(48(58)51-42)23-21-52-17-3-4-18-52)38(28-32)37-27-31(37)25-29-9-15-36-40(26-29)62-45-41(30-10-13-33(14-11-30)56(59)60)50-47(57)55(44(36)45)24-22-53-19-5-6-20-53/h1-2,7-16,26,28,31,37H,3-6,17-25,27,49H2/t31?,37-/m0/s1. The molecule has 3 aliphatic rings. The Kier molecular flexibility index (Phi) is 9.49. The second-order valence-corrected chi connectivity index (χ2v) is 17.2. The predicted molar refractivity (Wildman–Crippen MR) is 239 cm³/mol. The summed E-state index contributed by atoms with van der Waals surface area (Å²) in [6.45, 7) is 6.61. The van der Waals surface area contributed by atoms with E-state index in [0.29, 0.717) is 69.5 Å². The van der Waals surface area contributed by atoms with Crippen molar-refractivity contribution in [1.82, 2.24) is 28.9 Å². The first-order valence-corrected chi connectivity index (χ1v) is 21.7. The van der Waals surface area contributed by atoms with E-state index >= 15 is 0 Å². The van der Waals surface area contributed by atoms with Crippen LogP contribution in [0.25, 0.3) is 66.7 Å². The van der Waals surface area contributed by atoms with Gasteiger partial charge in [0.25, 0.3) is 5.69 Å². The van der Waals surface area contributed by atoms with Crippen molar-refractivity contribution in [2.45, 2.75) is 57.5 Å². The van der Waals surface area contributed by atoms with Gasteiger partial charge in [-0.05, 0) is 136 Å². The van der Waals surface area contributed by atoms with Crippen LogP contribution in [0.2, 0.25) is 0 Å². The monoisotopic (exact) mass is 830 g/mol. The molecule has 8 aromatic rings. The summed E-state index contributed by atoms with van der Waals surface area (Å²) in [5.74, 6) is 0.466. The largest absolute Gasteiger partial charge is 0.452 e. The fourth-order valence-electron chi connectivity index (χ4n) is 10.0. The van der Waals surface area contributed by atoms with E-state index in [1.54, 1.807) is 21.3 Å². The first-order chi connectivity index (χ1) is 30.3. The molecule has 14 heteroatoms. The smallest absolute Gasteiger partial charge is 0.348 e. The lowest BCUT2D eigenvalue weighted by molar-refractivity contribution is -0.384. The van der Waals surface area contributed by atoms with E-state index < -0.39 is 4.92 Å². The summed E-state index contributed by atoms with van der Waals surface area (Å²) in [5.41, 5.74) is 14.7. The molecule has 0 spiro atoms. The number of nitro benzene ring substituents is 1. The van der Waals surface area contributed by atoms with Crippen molar-refractivity contribution in [2.75, 3.05) is 45.0 Å². The zero-order chi connectivity index (χ0) is 42.1. The summed E-state index contributed by atoms with van der Waals surface area (Å²) < 4.78 is 16.7. The Morgan fingerprint density at radius 3 is 1.98 bits per heavy atom. The number of rotatable bonds is 12. The summed E-state index contributed by atoms with van der Waals surface area (Å²) in [4.78, 5) is 52.7. The Morgan fingerprint density at radius 1 is 0.694 bits per heavy atom. The molecule has 62 heavy (non-hydrogen) atoms. The summed E-state index contributed by atoms with van der Waals surface area (Å²) >= 11 is 0. The van der Waals surface area contributed by atoms with E-state index in [1.165, 1.54) is 25.0 Å². The van der Waals surface area contributed by atoms with E-state index in [-0.39, 0.29) is 23.0 Å². The molecule has 1 unspecified atom stereocenters.